The number of aromatic nitrogens is 1. The first-order chi connectivity index (χ1) is 9.74. The number of hydrogen-bond acceptors (Lipinski definition) is 3. The van der Waals surface area contributed by atoms with Crippen molar-refractivity contribution >= 4 is 12.0 Å². The number of benzene rings is 1. The van der Waals surface area contributed by atoms with Gasteiger partial charge in [-0.25, -0.2) is 4.79 Å². The fraction of sp³-hybridized carbons (Fsp3) is 0.125. The number of aliphatic carboxylic acids is 1. The van der Waals surface area contributed by atoms with Crippen LogP contribution < -0.4 is 4.74 Å². The van der Waals surface area contributed by atoms with Gasteiger partial charge in [-0.3, -0.25) is 4.98 Å². The summed E-state index contributed by atoms with van der Waals surface area (Å²) in [6.45, 7) is 0. The van der Waals surface area contributed by atoms with Crippen LogP contribution in [0.4, 0.5) is 0 Å². The van der Waals surface area contributed by atoms with E-state index in [0.29, 0.717) is 17.7 Å². The molecule has 4 nitrogen and oxygen atoms in total. The Bertz CT molecular complexity index is 664. The van der Waals surface area contributed by atoms with Crippen LogP contribution in [0.25, 0.3) is 6.08 Å². The fourth-order valence-electron chi connectivity index (χ4n) is 2.26. The summed E-state index contributed by atoms with van der Waals surface area (Å²) < 4.78 is 5.98. The molecule has 4 heteroatoms. The van der Waals surface area contributed by atoms with Gasteiger partial charge in [-0.15, -0.1) is 0 Å². The van der Waals surface area contributed by atoms with E-state index in [1.165, 1.54) is 0 Å². The Labute approximate surface area is 116 Å². The quantitative estimate of drug-likeness (QED) is 0.908. The molecule has 1 N–H and O–H groups in total. The molecule has 0 bridgehead atoms. The molecule has 100 valence electrons. The SMILES string of the molecule is O=C(O)C1=Cc2ccccc2OC(c2ccncc2)C1. The van der Waals surface area contributed by atoms with Gasteiger partial charge in [0.1, 0.15) is 11.9 Å². The van der Waals surface area contributed by atoms with Crippen molar-refractivity contribution in [2.24, 2.45) is 0 Å². The average molecular weight is 267 g/mol. The van der Waals surface area contributed by atoms with Crippen molar-refractivity contribution in [3.8, 4) is 5.75 Å². The Hall–Kier alpha value is -2.62. The topological polar surface area (TPSA) is 59.4 Å². The van der Waals surface area contributed by atoms with Gasteiger partial charge in [0.25, 0.3) is 0 Å². The second-order valence-electron chi connectivity index (χ2n) is 4.60. The van der Waals surface area contributed by atoms with Crippen LogP contribution >= 0.6 is 0 Å². The first kappa shape index (κ1) is 12.4. The maximum absolute atomic E-state index is 11.4. The van der Waals surface area contributed by atoms with Gasteiger partial charge in [-0.1, -0.05) is 18.2 Å². The Balaban J connectivity index is 2.05. The highest BCUT2D eigenvalue weighted by molar-refractivity contribution is 5.93. The molecule has 0 fully saturated rings. The molecule has 1 aliphatic heterocycles. The lowest BCUT2D eigenvalue weighted by molar-refractivity contribution is -0.132. The van der Waals surface area contributed by atoms with Gasteiger partial charge < -0.3 is 9.84 Å². The number of carbonyl (C=O) groups is 1. The molecule has 2 heterocycles. The molecule has 1 unspecified atom stereocenters. The lowest BCUT2D eigenvalue weighted by atomic mass is 10.0. The first-order valence-corrected chi connectivity index (χ1v) is 6.33. The van der Waals surface area contributed by atoms with Gasteiger partial charge in [-0.05, 0) is 29.8 Å². The molecule has 0 radical (unpaired) electrons. The lowest BCUT2D eigenvalue weighted by Crippen LogP contribution is -2.11. The molecule has 1 aromatic heterocycles. The van der Waals surface area contributed by atoms with E-state index >= 15 is 0 Å². The summed E-state index contributed by atoms with van der Waals surface area (Å²) in [7, 11) is 0. The summed E-state index contributed by atoms with van der Waals surface area (Å²) >= 11 is 0. The highest BCUT2D eigenvalue weighted by Gasteiger charge is 2.23. The summed E-state index contributed by atoms with van der Waals surface area (Å²) in [5.41, 5.74) is 2.06. The molecule has 1 aliphatic rings. The van der Waals surface area contributed by atoms with Crippen LogP contribution in [0.1, 0.15) is 23.7 Å². The number of carboxylic acid groups (broad SMARTS) is 1. The molecule has 0 saturated heterocycles. The molecular weight excluding hydrogens is 254 g/mol. The number of ether oxygens (including phenoxy) is 1. The zero-order valence-electron chi connectivity index (χ0n) is 10.7. The molecule has 0 saturated carbocycles. The lowest BCUT2D eigenvalue weighted by Gasteiger charge is -2.18. The summed E-state index contributed by atoms with van der Waals surface area (Å²) in [6.07, 6.45) is 5.05. The molecule has 0 amide bonds. The van der Waals surface area contributed by atoms with E-state index < -0.39 is 5.97 Å². The summed E-state index contributed by atoms with van der Waals surface area (Å²) in [5.74, 6) is -0.213. The van der Waals surface area contributed by atoms with E-state index in [2.05, 4.69) is 4.98 Å². The second kappa shape index (κ2) is 5.17. The zero-order chi connectivity index (χ0) is 13.9. The van der Waals surface area contributed by atoms with E-state index in [-0.39, 0.29) is 6.10 Å². The normalized spacial score (nSPS) is 17.4. The molecule has 0 aliphatic carbocycles. The minimum atomic E-state index is -0.913. The van der Waals surface area contributed by atoms with Crippen molar-refractivity contribution in [1.82, 2.24) is 4.98 Å². The van der Waals surface area contributed by atoms with E-state index in [1.807, 2.05) is 36.4 Å². The molecule has 20 heavy (non-hydrogen) atoms. The van der Waals surface area contributed by atoms with E-state index in [4.69, 9.17) is 4.74 Å². The molecule has 1 aromatic carbocycles. The fourth-order valence-corrected chi connectivity index (χ4v) is 2.26. The van der Waals surface area contributed by atoms with Crippen molar-refractivity contribution in [3.05, 3.63) is 65.5 Å². The van der Waals surface area contributed by atoms with Gasteiger partial charge in [0.2, 0.25) is 0 Å². The second-order valence-corrected chi connectivity index (χ2v) is 4.60. The third-order valence-electron chi connectivity index (χ3n) is 3.28. The molecule has 1 atom stereocenters. The number of para-hydroxylation sites is 1. The number of nitrogens with zero attached hydrogens (tertiary/aromatic N) is 1. The summed E-state index contributed by atoms with van der Waals surface area (Å²) in [6, 6.07) is 11.1. The Morgan fingerprint density at radius 1 is 1.20 bits per heavy atom. The van der Waals surface area contributed by atoms with Gasteiger partial charge in [-0.2, -0.15) is 0 Å². The minimum Gasteiger partial charge on any atom is -0.485 e. The van der Waals surface area contributed by atoms with Gasteiger partial charge in [0.05, 0.1) is 0 Å². The first-order valence-electron chi connectivity index (χ1n) is 6.33. The number of pyridine rings is 1. The van der Waals surface area contributed by atoms with Gasteiger partial charge in [0, 0.05) is 30.0 Å². The molecule has 0 spiro atoms. The third kappa shape index (κ3) is 2.40. The van der Waals surface area contributed by atoms with E-state index in [1.54, 1.807) is 18.5 Å². The highest BCUT2D eigenvalue weighted by Crippen LogP contribution is 2.34. The zero-order valence-corrected chi connectivity index (χ0v) is 10.7. The monoisotopic (exact) mass is 267 g/mol. The summed E-state index contributed by atoms with van der Waals surface area (Å²) in [5, 5.41) is 9.32. The number of rotatable bonds is 2. The van der Waals surface area contributed by atoms with Crippen LogP contribution in [-0.4, -0.2) is 16.1 Å². The highest BCUT2D eigenvalue weighted by atomic mass is 16.5. The molecule has 2 aromatic rings. The maximum atomic E-state index is 11.4. The van der Waals surface area contributed by atoms with Crippen LogP contribution in [-0.2, 0) is 4.79 Å². The van der Waals surface area contributed by atoms with Crippen molar-refractivity contribution in [3.63, 3.8) is 0 Å². The van der Waals surface area contributed by atoms with Crippen LogP contribution in [0.15, 0.2) is 54.4 Å². The summed E-state index contributed by atoms with van der Waals surface area (Å²) in [4.78, 5) is 15.3. The Kier molecular flexibility index (Phi) is 3.21. The van der Waals surface area contributed by atoms with Crippen LogP contribution in [0.2, 0.25) is 0 Å². The molecule has 3 rings (SSSR count). The van der Waals surface area contributed by atoms with Gasteiger partial charge in [0.15, 0.2) is 0 Å². The number of hydrogen-bond donors (Lipinski definition) is 1. The van der Waals surface area contributed by atoms with Crippen molar-refractivity contribution in [1.29, 1.82) is 0 Å². The van der Waals surface area contributed by atoms with Crippen LogP contribution in [0.3, 0.4) is 0 Å². The van der Waals surface area contributed by atoms with Crippen molar-refractivity contribution < 1.29 is 14.6 Å². The van der Waals surface area contributed by atoms with Crippen LogP contribution in [0, 0.1) is 0 Å². The largest absolute Gasteiger partial charge is 0.485 e. The van der Waals surface area contributed by atoms with Crippen LogP contribution in [0.5, 0.6) is 5.75 Å². The molecular formula is C16H13NO3. The maximum Gasteiger partial charge on any atom is 0.331 e. The number of carboxylic acids is 1. The standard InChI is InChI=1S/C16H13NO3/c18-16(19)13-9-12-3-1-2-4-14(12)20-15(10-13)11-5-7-17-8-6-11/h1-9,15H,10H2,(H,18,19). The van der Waals surface area contributed by atoms with Crippen molar-refractivity contribution in [2.45, 2.75) is 12.5 Å². The Morgan fingerprint density at radius 2 is 1.95 bits per heavy atom. The Morgan fingerprint density at radius 3 is 2.70 bits per heavy atom. The van der Waals surface area contributed by atoms with Gasteiger partial charge >= 0.3 is 5.97 Å². The minimum absolute atomic E-state index is 0.316. The third-order valence-corrected chi connectivity index (χ3v) is 3.28. The van der Waals surface area contributed by atoms with E-state index in [0.717, 1.165) is 11.1 Å². The van der Waals surface area contributed by atoms with E-state index in [9.17, 15) is 9.90 Å². The predicted molar refractivity (Wildman–Crippen MR) is 74.3 cm³/mol. The smallest absolute Gasteiger partial charge is 0.331 e. The number of fused-ring (bicyclic) bond motifs is 1. The predicted octanol–water partition coefficient (Wildman–Crippen LogP) is 3.07. The van der Waals surface area contributed by atoms with Crippen molar-refractivity contribution in [2.75, 3.05) is 0 Å². The average Bonchev–Trinajstić information content (AvgIpc) is 2.67.